The molecule has 1 fully saturated rings. The molecule has 0 radical (unpaired) electrons. The summed E-state index contributed by atoms with van der Waals surface area (Å²) in [6.07, 6.45) is 2.20. The van der Waals surface area contributed by atoms with E-state index in [9.17, 15) is 14.0 Å². The van der Waals surface area contributed by atoms with Crippen LogP contribution in [0.3, 0.4) is 0 Å². The molecule has 114 valence electrons. The average Bonchev–Trinajstić information content (AvgIpc) is 2.40. The summed E-state index contributed by atoms with van der Waals surface area (Å²) in [6.45, 7) is 0. The summed E-state index contributed by atoms with van der Waals surface area (Å²) >= 11 is 0. The maximum absolute atomic E-state index is 13.5. The van der Waals surface area contributed by atoms with Gasteiger partial charge in [0, 0.05) is 6.42 Å². The molecule has 1 aromatic carbocycles. The SMILES string of the molecule is COc1ccc(CCC(=O)NC2(C(=O)O)CCC2)cc1F. The van der Waals surface area contributed by atoms with Gasteiger partial charge in [-0.15, -0.1) is 0 Å². The third-order valence-electron chi connectivity index (χ3n) is 3.85. The van der Waals surface area contributed by atoms with Crippen molar-refractivity contribution in [1.29, 1.82) is 0 Å². The minimum absolute atomic E-state index is 0.126. The van der Waals surface area contributed by atoms with Gasteiger partial charge in [0.15, 0.2) is 11.6 Å². The highest BCUT2D eigenvalue weighted by Gasteiger charge is 2.45. The van der Waals surface area contributed by atoms with E-state index >= 15 is 0 Å². The molecule has 0 aliphatic heterocycles. The Bertz CT molecular complexity index is 555. The molecule has 1 aromatic rings. The fourth-order valence-corrected chi connectivity index (χ4v) is 2.38. The maximum atomic E-state index is 13.5. The smallest absolute Gasteiger partial charge is 0.329 e. The monoisotopic (exact) mass is 295 g/mol. The minimum atomic E-state index is -1.09. The minimum Gasteiger partial charge on any atom is -0.494 e. The lowest BCUT2D eigenvalue weighted by molar-refractivity contribution is -0.151. The molecule has 1 saturated carbocycles. The average molecular weight is 295 g/mol. The van der Waals surface area contributed by atoms with Crippen molar-refractivity contribution < 1.29 is 23.8 Å². The van der Waals surface area contributed by atoms with Crippen molar-refractivity contribution in [3.05, 3.63) is 29.6 Å². The van der Waals surface area contributed by atoms with Crippen LogP contribution in [0.2, 0.25) is 0 Å². The van der Waals surface area contributed by atoms with Crippen molar-refractivity contribution >= 4 is 11.9 Å². The molecule has 5 nitrogen and oxygen atoms in total. The first-order chi connectivity index (χ1) is 9.97. The molecule has 1 aliphatic carbocycles. The van der Waals surface area contributed by atoms with Crippen LogP contribution >= 0.6 is 0 Å². The standard InChI is InChI=1S/C15H18FNO4/c1-21-12-5-3-10(9-11(12)16)4-6-13(18)17-15(14(19)20)7-2-8-15/h3,5,9H,2,4,6-8H2,1H3,(H,17,18)(H,19,20). The number of hydrogen-bond donors (Lipinski definition) is 2. The van der Waals surface area contributed by atoms with Crippen molar-refractivity contribution in [1.82, 2.24) is 5.32 Å². The maximum Gasteiger partial charge on any atom is 0.329 e. The van der Waals surface area contributed by atoms with E-state index in [0.717, 1.165) is 6.42 Å². The Morgan fingerprint density at radius 2 is 2.14 bits per heavy atom. The molecule has 0 spiro atoms. The normalized spacial score (nSPS) is 15.9. The molecule has 0 aromatic heterocycles. The third-order valence-corrected chi connectivity index (χ3v) is 3.85. The number of benzene rings is 1. The molecule has 0 unspecified atom stereocenters. The van der Waals surface area contributed by atoms with E-state index in [0.29, 0.717) is 24.8 Å². The van der Waals surface area contributed by atoms with Crippen LogP contribution < -0.4 is 10.1 Å². The number of rotatable bonds is 6. The molecule has 0 bridgehead atoms. The van der Waals surface area contributed by atoms with E-state index in [-0.39, 0.29) is 18.1 Å². The van der Waals surface area contributed by atoms with Gasteiger partial charge in [0.25, 0.3) is 0 Å². The second kappa shape index (κ2) is 6.11. The summed E-state index contributed by atoms with van der Waals surface area (Å²) in [7, 11) is 1.38. The predicted octanol–water partition coefficient (Wildman–Crippen LogP) is 1.89. The highest BCUT2D eigenvalue weighted by atomic mass is 19.1. The molecule has 21 heavy (non-hydrogen) atoms. The van der Waals surface area contributed by atoms with Crippen molar-refractivity contribution in [3.63, 3.8) is 0 Å². The first-order valence-electron chi connectivity index (χ1n) is 6.84. The van der Waals surface area contributed by atoms with Crippen LogP contribution in [0.4, 0.5) is 4.39 Å². The molecule has 6 heteroatoms. The van der Waals surface area contributed by atoms with Crippen molar-refractivity contribution in [2.24, 2.45) is 0 Å². The van der Waals surface area contributed by atoms with Gasteiger partial charge in [-0.25, -0.2) is 9.18 Å². The Balaban J connectivity index is 1.89. The fourth-order valence-electron chi connectivity index (χ4n) is 2.38. The van der Waals surface area contributed by atoms with Crippen LogP contribution in [-0.2, 0) is 16.0 Å². The second-order valence-corrected chi connectivity index (χ2v) is 5.26. The topological polar surface area (TPSA) is 75.6 Å². The van der Waals surface area contributed by atoms with Gasteiger partial charge < -0.3 is 15.2 Å². The van der Waals surface area contributed by atoms with Gasteiger partial charge in [-0.3, -0.25) is 4.79 Å². The van der Waals surface area contributed by atoms with E-state index in [1.54, 1.807) is 6.07 Å². The summed E-state index contributed by atoms with van der Waals surface area (Å²) in [4.78, 5) is 23.0. The van der Waals surface area contributed by atoms with E-state index in [2.05, 4.69) is 5.32 Å². The Morgan fingerprint density at radius 3 is 2.62 bits per heavy atom. The summed E-state index contributed by atoms with van der Waals surface area (Å²) in [6, 6.07) is 4.52. The van der Waals surface area contributed by atoms with Gasteiger partial charge in [-0.05, 0) is 43.4 Å². The van der Waals surface area contributed by atoms with Gasteiger partial charge in [-0.1, -0.05) is 6.07 Å². The molecule has 0 saturated heterocycles. The Morgan fingerprint density at radius 1 is 1.43 bits per heavy atom. The number of amides is 1. The summed E-state index contributed by atoms with van der Waals surface area (Å²) in [5.74, 6) is -1.63. The van der Waals surface area contributed by atoms with Gasteiger partial charge in [0.2, 0.25) is 5.91 Å². The van der Waals surface area contributed by atoms with Crippen LogP contribution in [0.15, 0.2) is 18.2 Å². The predicted molar refractivity (Wildman–Crippen MR) is 73.6 cm³/mol. The Hall–Kier alpha value is -2.11. The number of aryl methyl sites for hydroxylation is 1. The molecular formula is C15H18FNO4. The zero-order chi connectivity index (χ0) is 15.5. The van der Waals surface area contributed by atoms with Crippen molar-refractivity contribution in [3.8, 4) is 5.75 Å². The van der Waals surface area contributed by atoms with Crippen molar-refractivity contribution in [2.45, 2.75) is 37.6 Å². The first-order valence-corrected chi connectivity index (χ1v) is 6.84. The summed E-state index contributed by atoms with van der Waals surface area (Å²) in [5, 5.41) is 11.7. The first kappa shape index (κ1) is 15.3. The molecule has 1 aliphatic rings. The quantitative estimate of drug-likeness (QED) is 0.840. The Kier molecular flexibility index (Phi) is 4.45. The van der Waals surface area contributed by atoms with E-state index < -0.39 is 17.3 Å². The number of carbonyl (C=O) groups excluding carboxylic acids is 1. The highest BCUT2D eigenvalue weighted by Crippen LogP contribution is 2.32. The van der Waals surface area contributed by atoms with Crippen LogP contribution in [0, 0.1) is 5.82 Å². The Labute approximate surface area is 122 Å². The number of methoxy groups -OCH3 is 1. The van der Waals surface area contributed by atoms with Gasteiger partial charge in [0.1, 0.15) is 5.54 Å². The molecular weight excluding hydrogens is 277 g/mol. The lowest BCUT2D eigenvalue weighted by Crippen LogP contribution is -2.59. The van der Waals surface area contributed by atoms with Crippen molar-refractivity contribution in [2.75, 3.05) is 7.11 Å². The lowest BCUT2D eigenvalue weighted by Gasteiger charge is -2.38. The molecule has 1 amide bonds. The van der Waals surface area contributed by atoms with Crippen LogP contribution in [0.1, 0.15) is 31.2 Å². The molecule has 0 atom stereocenters. The van der Waals surface area contributed by atoms with E-state index in [1.165, 1.54) is 19.2 Å². The molecule has 2 N–H and O–H groups in total. The zero-order valence-electron chi connectivity index (χ0n) is 11.8. The fraction of sp³-hybridized carbons (Fsp3) is 0.467. The summed E-state index contributed by atoms with van der Waals surface area (Å²) < 4.78 is 18.3. The number of halogens is 1. The van der Waals surface area contributed by atoms with Crippen LogP contribution in [0.5, 0.6) is 5.75 Å². The third kappa shape index (κ3) is 3.32. The summed E-state index contributed by atoms with van der Waals surface area (Å²) in [5.41, 5.74) is -0.427. The number of nitrogens with one attached hydrogen (secondary N) is 1. The largest absolute Gasteiger partial charge is 0.494 e. The lowest BCUT2D eigenvalue weighted by atomic mass is 9.76. The number of carboxylic acids is 1. The number of hydrogen-bond acceptors (Lipinski definition) is 3. The molecule has 0 heterocycles. The number of ether oxygens (including phenoxy) is 1. The zero-order valence-corrected chi connectivity index (χ0v) is 11.8. The second-order valence-electron chi connectivity index (χ2n) is 5.26. The highest BCUT2D eigenvalue weighted by molar-refractivity contribution is 5.87. The number of carbonyl (C=O) groups is 2. The van der Waals surface area contributed by atoms with E-state index in [1.807, 2.05) is 0 Å². The number of aliphatic carboxylic acids is 1. The van der Waals surface area contributed by atoms with Crippen LogP contribution in [-0.4, -0.2) is 29.6 Å². The van der Waals surface area contributed by atoms with Crippen LogP contribution in [0.25, 0.3) is 0 Å². The van der Waals surface area contributed by atoms with Gasteiger partial charge in [-0.2, -0.15) is 0 Å². The van der Waals surface area contributed by atoms with Gasteiger partial charge >= 0.3 is 5.97 Å². The van der Waals surface area contributed by atoms with Gasteiger partial charge in [0.05, 0.1) is 7.11 Å². The van der Waals surface area contributed by atoms with E-state index in [4.69, 9.17) is 9.84 Å². The number of carboxylic acid groups (broad SMARTS) is 1. The molecule has 2 rings (SSSR count).